The van der Waals surface area contributed by atoms with Crippen LogP contribution in [0.25, 0.3) is 0 Å². The second kappa shape index (κ2) is 6.90. The fourth-order valence-electron chi connectivity index (χ4n) is 1.93. The van der Waals surface area contributed by atoms with Gasteiger partial charge in [-0.3, -0.25) is 0 Å². The van der Waals surface area contributed by atoms with Crippen LogP contribution in [0, 0.1) is 0 Å². The average Bonchev–Trinajstić information content (AvgIpc) is 2.40. The van der Waals surface area contributed by atoms with Gasteiger partial charge in [-0.2, -0.15) is 0 Å². The predicted octanol–water partition coefficient (Wildman–Crippen LogP) is 3.60. The number of hydrogen-bond acceptors (Lipinski definition) is 1. The zero-order valence-electron chi connectivity index (χ0n) is 11.0. The highest BCUT2D eigenvalue weighted by atomic mass is 32.1. The van der Waals surface area contributed by atoms with Crippen molar-refractivity contribution in [2.24, 2.45) is 0 Å². The molecule has 0 saturated heterocycles. The van der Waals surface area contributed by atoms with Crippen molar-refractivity contribution in [3.05, 3.63) is 66.2 Å². The molecule has 2 aromatic rings. The van der Waals surface area contributed by atoms with Crippen LogP contribution in [-0.4, -0.2) is 11.2 Å². The average molecular weight is 270 g/mol. The molecule has 0 unspecified atom stereocenters. The minimum Gasteiger partial charge on any atom is -0.360 e. The summed E-state index contributed by atoms with van der Waals surface area (Å²) in [4.78, 5) is 0. The van der Waals surface area contributed by atoms with Crippen molar-refractivity contribution < 1.29 is 0 Å². The van der Waals surface area contributed by atoms with Gasteiger partial charge in [0, 0.05) is 11.7 Å². The molecular formula is C16H18N2S. The zero-order chi connectivity index (χ0) is 13.5. The number of thiocarbonyl (C=S) groups is 1. The van der Waals surface area contributed by atoms with E-state index in [4.69, 9.17) is 12.2 Å². The Morgan fingerprint density at radius 3 is 2.21 bits per heavy atom. The summed E-state index contributed by atoms with van der Waals surface area (Å²) < 4.78 is 0. The third-order valence-electron chi connectivity index (χ3n) is 2.79. The molecule has 0 saturated carbocycles. The van der Waals surface area contributed by atoms with Gasteiger partial charge in [-0.05, 0) is 43.3 Å². The maximum absolute atomic E-state index is 5.31. The van der Waals surface area contributed by atoms with Crippen molar-refractivity contribution >= 4 is 23.0 Å². The summed E-state index contributed by atoms with van der Waals surface area (Å²) in [6.07, 6.45) is 0.956. The number of rotatable bonds is 4. The van der Waals surface area contributed by atoms with Crippen LogP contribution in [-0.2, 0) is 6.42 Å². The van der Waals surface area contributed by atoms with Crippen LogP contribution in [0.3, 0.4) is 0 Å². The Bertz CT molecular complexity index is 511. The van der Waals surface area contributed by atoms with E-state index in [9.17, 15) is 0 Å². The van der Waals surface area contributed by atoms with E-state index in [1.54, 1.807) is 0 Å². The van der Waals surface area contributed by atoms with E-state index in [2.05, 4.69) is 41.8 Å². The van der Waals surface area contributed by atoms with E-state index < -0.39 is 0 Å². The first-order valence-electron chi connectivity index (χ1n) is 6.40. The van der Waals surface area contributed by atoms with Gasteiger partial charge in [0.25, 0.3) is 0 Å². The zero-order valence-corrected chi connectivity index (χ0v) is 11.8. The molecule has 98 valence electrons. The summed E-state index contributed by atoms with van der Waals surface area (Å²) in [7, 11) is 0. The van der Waals surface area contributed by atoms with E-state index in [-0.39, 0.29) is 0 Å². The molecule has 0 fully saturated rings. The fraction of sp³-hybridized carbons (Fsp3) is 0.188. The molecule has 0 aliphatic carbocycles. The van der Waals surface area contributed by atoms with Gasteiger partial charge in [0.1, 0.15) is 0 Å². The number of nitrogens with one attached hydrogen (secondary N) is 2. The van der Waals surface area contributed by atoms with Crippen molar-refractivity contribution in [3.63, 3.8) is 0 Å². The topological polar surface area (TPSA) is 24.1 Å². The van der Waals surface area contributed by atoms with E-state index >= 15 is 0 Å². The van der Waals surface area contributed by atoms with Gasteiger partial charge < -0.3 is 10.6 Å². The Labute approximate surface area is 119 Å². The smallest absolute Gasteiger partial charge is 0.170 e. The summed E-state index contributed by atoms with van der Waals surface area (Å²) in [6, 6.07) is 20.7. The number of anilines is 1. The number of para-hydroxylation sites is 1. The Balaban J connectivity index is 1.82. The van der Waals surface area contributed by atoms with Gasteiger partial charge in [0.15, 0.2) is 5.11 Å². The molecule has 2 aromatic carbocycles. The van der Waals surface area contributed by atoms with E-state index in [1.807, 2.05) is 36.4 Å². The van der Waals surface area contributed by atoms with Gasteiger partial charge >= 0.3 is 0 Å². The summed E-state index contributed by atoms with van der Waals surface area (Å²) in [5.41, 5.74) is 2.32. The monoisotopic (exact) mass is 270 g/mol. The molecule has 3 heteroatoms. The first kappa shape index (κ1) is 13.6. The first-order chi connectivity index (χ1) is 9.24. The van der Waals surface area contributed by atoms with E-state index in [0.29, 0.717) is 11.2 Å². The van der Waals surface area contributed by atoms with Crippen molar-refractivity contribution in [3.8, 4) is 0 Å². The maximum atomic E-state index is 5.31. The normalized spacial score (nSPS) is 11.6. The third kappa shape index (κ3) is 4.72. The fourth-order valence-corrected chi connectivity index (χ4v) is 2.25. The summed E-state index contributed by atoms with van der Waals surface area (Å²) >= 11 is 5.31. The summed E-state index contributed by atoms with van der Waals surface area (Å²) in [5, 5.41) is 7.14. The highest BCUT2D eigenvalue weighted by Crippen LogP contribution is 2.06. The Morgan fingerprint density at radius 1 is 1.00 bits per heavy atom. The van der Waals surface area contributed by atoms with Crippen molar-refractivity contribution in [2.45, 2.75) is 19.4 Å². The highest BCUT2D eigenvalue weighted by Gasteiger charge is 2.05. The lowest BCUT2D eigenvalue weighted by Crippen LogP contribution is -2.37. The second-order valence-electron chi connectivity index (χ2n) is 4.56. The Hall–Kier alpha value is -1.87. The Kier molecular flexibility index (Phi) is 4.93. The summed E-state index contributed by atoms with van der Waals surface area (Å²) in [6.45, 7) is 2.13. The largest absolute Gasteiger partial charge is 0.360 e. The first-order valence-corrected chi connectivity index (χ1v) is 6.81. The minimum atomic E-state index is 0.297. The molecule has 0 aliphatic rings. The molecule has 2 rings (SSSR count). The SMILES string of the molecule is C[C@H](Cc1ccccc1)NC(=S)Nc1ccccc1. The lowest BCUT2D eigenvalue weighted by Gasteiger charge is -2.17. The van der Waals surface area contributed by atoms with Crippen molar-refractivity contribution in [2.75, 3.05) is 5.32 Å². The molecule has 1 atom stereocenters. The lowest BCUT2D eigenvalue weighted by molar-refractivity contribution is 0.664. The third-order valence-corrected chi connectivity index (χ3v) is 3.01. The standard InChI is InChI=1S/C16H18N2S/c1-13(12-14-8-4-2-5-9-14)17-16(19)18-15-10-6-3-7-11-15/h2-11,13H,12H2,1H3,(H2,17,18,19)/t13-/m1/s1. The maximum Gasteiger partial charge on any atom is 0.170 e. The highest BCUT2D eigenvalue weighted by molar-refractivity contribution is 7.80. The molecule has 0 radical (unpaired) electrons. The van der Waals surface area contributed by atoms with Gasteiger partial charge in [-0.1, -0.05) is 48.5 Å². The van der Waals surface area contributed by atoms with Gasteiger partial charge in [-0.15, -0.1) is 0 Å². The molecule has 0 aliphatic heterocycles. The molecule has 19 heavy (non-hydrogen) atoms. The van der Waals surface area contributed by atoms with Gasteiger partial charge in [-0.25, -0.2) is 0 Å². The van der Waals surface area contributed by atoms with Crippen LogP contribution in [0.4, 0.5) is 5.69 Å². The predicted molar refractivity (Wildman–Crippen MR) is 85.4 cm³/mol. The van der Waals surface area contributed by atoms with Gasteiger partial charge in [0.05, 0.1) is 0 Å². The van der Waals surface area contributed by atoms with E-state index in [1.165, 1.54) is 5.56 Å². The molecule has 0 spiro atoms. The molecule has 2 nitrogen and oxygen atoms in total. The van der Waals surface area contributed by atoms with Crippen molar-refractivity contribution in [1.29, 1.82) is 0 Å². The lowest BCUT2D eigenvalue weighted by atomic mass is 10.1. The van der Waals surface area contributed by atoms with Crippen LogP contribution in [0.15, 0.2) is 60.7 Å². The van der Waals surface area contributed by atoms with Crippen molar-refractivity contribution in [1.82, 2.24) is 5.32 Å². The van der Waals surface area contributed by atoms with Crippen LogP contribution < -0.4 is 10.6 Å². The second-order valence-corrected chi connectivity index (χ2v) is 4.96. The number of hydrogen-bond donors (Lipinski definition) is 2. The molecule has 0 aromatic heterocycles. The van der Waals surface area contributed by atoms with Crippen LogP contribution in [0.2, 0.25) is 0 Å². The molecule has 2 N–H and O–H groups in total. The molecule has 0 amide bonds. The molecular weight excluding hydrogens is 252 g/mol. The van der Waals surface area contributed by atoms with E-state index in [0.717, 1.165) is 12.1 Å². The minimum absolute atomic E-state index is 0.297. The van der Waals surface area contributed by atoms with Crippen LogP contribution in [0.1, 0.15) is 12.5 Å². The Morgan fingerprint density at radius 2 is 1.58 bits per heavy atom. The van der Waals surface area contributed by atoms with Crippen LogP contribution in [0.5, 0.6) is 0 Å². The van der Waals surface area contributed by atoms with Gasteiger partial charge in [0.2, 0.25) is 0 Å². The molecule has 0 bridgehead atoms. The summed E-state index contributed by atoms with van der Waals surface area (Å²) in [5.74, 6) is 0. The molecule has 0 heterocycles. The quantitative estimate of drug-likeness (QED) is 0.830. The number of benzene rings is 2. The van der Waals surface area contributed by atoms with Crippen LogP contribution >= 0.6 is 12.2 Å².